The van der Waals surface area contributed by atoms with E-state index in [4.69, 9.17) is 0 Å². The monoisotopic (exact) mass is 270 g/mol. The second-order valence-electron chi connectivity index (χ2n) is 5.76. The molecule has 0 bridgehead atoms. The topological polar surface area (TPSA) is 38.0 Å². The van der Waals surface area contributed by atoms with Gasteiger partial charge in [0.2, 0.25) is 0 Å². The van der Waals surface area contributed by atoms with Gasteiger partial charge in [0.1, 0.15) is 0 Å². The first-order chi connectivity index (χ1) is 9.67. The van der Waals surface area contributed by atoms with Gasteiger partial charge >= 0.3 is 0 Å². The van der Waals surface area contributed by atoms with Gasteiger partial charge in [0, 0.05) is 18.7 Å². The van der Waals surface area contributed by atoms with Crippen molar-refractivity contribution in [3.05, 3.63) is 52.8 Å². The van der Waals surface area contributed by atoms with Crippen LogP contribution in [0, 0.1) is 6.92 Å². The predicted molar refractivity (Wildman–Crippen MR) is 79.7 cm³/mol. The van der Waals surface area contributed by atoms with Gasteiger partial charge in [0.05, 0.1) is 11.8 Å². The van der Waals surface area contributed by atoms with Crippen molar-refractivity contribution in [2.75, 3.05) is 0 Å². The molecule has 2 aromatic rings. The molecule has 3 rings (SSSR count). The Morgan fingerprint density at radius 1 is 1.35 bits per heavy atom. The van der Waals surface area contributed by atoms with E-state index in [1.807, 2.05) is 17.7 Å². The average molecular weight is 270 g/mol. The summed E-state index contributed by atoms with van der Waals surface area (Å²) in [6.07, 6.45) is 2.76. The minimum Gasteiger partial charge on any atom is -0.388 e. The van der Waals surface area contributed by atoms with Crippen molar-refractivity contribution >= 4 is 0 Å². The number of aliphatic hydroxyl groups excluding tert-OH is 1. The maximum atomic E-state index is 10.5. The molecule has 1 unspecified atom stereocenters. The Morgan fingerprint density at radius 2 is 2.15 bits per heavy atom. The first-order valence-electron chi connectivity index (χ1n) is 7.48. The normalized spacial score (nSPS) is 16.4. The van der Waals surface area contributed by atoms with Crippen LogP contribution in [0.15, 0.2) is 30.3 Å². The minimum absolute atomic E-state index is 0.449. The maximum Gasteiger partial charge on any atom is 0.0845 e. The molecular weight excluding hydrogens is 248 g/mol. The molecule has 106 valence electrons. The van der Waals surface area contributed by atoms with Crippen LogP contribution in [0.2, 0.25) is 0 Å². The van der Waals surface area contributed by atoms with Crippen LogP contribution in [0.25, 0.3) is 0 Å². The molecule has 1 saturated carbocycles. The molecule has 0 aliphatic heterocycles. The summed E-state index contributed by atoms with van der Waals surface area (Å²) in [6, 6.07) is 10.5. The SMILES string of the molecule is CCn1nc(C)cc1CC(O)c1cccc(C2CC2)c1. The second kappa shape index (κ2) is 5.41. The van der Waals surface area contributed by atoms with E-state index in [2.05, 4.69) is 36.3 Å². The Bertz CT molecular complexity index is 599. The van der Waals surface area contributed by atoms with Crippen molar-refractivity contribution in [3.63, 3.8) is 0 Å². The first kappa shape index (κ1) is 13.4. The third-order valence-corrected chi connectivity index (χ3v) is 4.03. The summed E-state index contributed by atoms with van der Waals surface area (Å²) in [7, 11) is 0. The van der Waals surface area contributed by atoms with Gasteiger partial charge in [-0.15, -0.1) is 0 Å². The molecule has 20 heavy (non-hydrogen) atoms. The third kappa shape index (κ3) is 2.78. The highest BCUT2D eigenvalue weighted by Gasteiger charge is 2.24. The smallest absolute Gasteiger partial charge is 0.0845 e. The van der Waals surface area contributed by atoms with E-state index in [-0.39, 0.29) is 0 Å². The van der Waals surface area contributed by atoms with Gasteiger partial charge < -0.3 is 5.11 Å². The molecule has 1 aliphatic carbocycles. The van der Waals surface area contributed by atoms with E-state index in [9.17, 15) is 5.11 Å². The lowest BCUT2D eigenvalue weighted by molar-refractivity contribution is 0.175. The number of aromatic nitrogens is 2. The number of aliphatic hydroxyl groups is 1. The maximum absolute atomic E-state index is 10.5. The van der Waals surface area contributed by atoms with Crippen LogP contribution in [0.3, 0.4) is 0 Å². The highest BCUT2D eigenvalue weighted by atomic mass is 16.3. The molecule has 1 atom stereocenters. The molecule has 1 heterocycles. The van der Waals surface area contributed by atoms with E-state index < -0.39 is 6.10 Å². The Hall–Kier alpha value is -1.61. The molecule has 1 N–H and O–H groups in total. The molecule has 1 aromatic heterocycles. The van der Waals surface area contributed by atoms with Crippen LogP contribution in [-0.4, -0.2) is 14.9 Å². The Kier molecular flexibility index (Phi) is 3.62. The van der Waals surface area contributed by atoms with Crippen LogP contribution in [0.4, 0.5) is 0 Å². The fourth-order valence-corrected chi connectivity index (χ4v) is 2.79. The van der Waals surface area contributed by atoms with Crippen LogP contribution >= 0.6 is 0 Å². The first-order valence-corrected chi connectivity index (χ1v) is 7.48. The van der Waals surface area contributed by atoms with E-state index in [1.54, 1.807) is 0 Å². The van der Waals surface area contributed by atoms with Crippen LogP contribution in [0.1, 0.15) is 54.3 Å². The molecule has 0 radical (unpaired) electrons. The van der Waals surface area contributed by atoms with Crippen molar-refractivity contribution in [1.29, 1.82) is 0 Å². The zero-order valence-corrected chi connectivity index (χ0v) is 12.2. The van der Waals surface area contributed by atoms with Crippen LogP contribution < -0.4 is 0 Å². The van der Waals surface area contributed by atoms with Crippen molar-refractivity contribution in [2.24, 2.45) is 0 Å². The summed E-state index contributed by atoms with van der Waals surface area (Å²) in [6.45, 7) is 4.92. The number of hydrogen-bond donors (Lipinski definition) is 1. The fraction of sp³-hybridized carbons (Fsp3) is 0.471. The quantitative estimate of drug-likeness (QED) is 0.904. The predicted octanol–water partition coefficient (Wildman–Crippen LogP) is 3.36. The standard InChI is InChI=1S/C17H22N2O/c1-3-19-16(9-12(2)18-19)11-17(20)15-6-4-5-14(10-15)13-7-8-13/h4-6,9-10,13,17,20H,3,7-8,11H2,1-2H3. The van der Waals surface area contributed by atoms with Crippen LogP contribution in [-0.2, 0) is 13.0 Å². The van der Waals surface area contributed by atoms with Gasteiger partial charge in [-0.05, 0) is 49.8 Å². The zero-order valence-electron chi connectivity index (χ0n) is 12.2. The Labute approximate surface area is 120 Å². The van der Waals surface area contributed by atoms with Gasteiger partial charge in [0.25, 0.3) is 0 Å². The molecular formula is C17H22N2O. The fourth-order valence-electron chi connectivity index (χ4n) is 2.79. The molecule has 3 nitrogen and oxygen atoms in total. The molecule has 0 spiro atoms. The van der Waals surface area contributed by atoms with E-state index in [1.165, 1.54) is 18.4 Å². The number of nitrogens with zero attached hydrogens (tertiary/aromatic N) is 2. The van der Waals surface area contributed by atoms with Gasteiger partial charge in [-0.1, -0.05) is 24.3 Å². The van der Waals surface area contributed by atoms with E-state index in [0.29, 0.717) is 6.42 Å². The van der Waals surface area contributed by atoms with Crippen molar-refractivity contribution in [1.82, 2.24) is 9.78 Å². The minimum atomic E-state index is -0.449. The van der Waals surface area contributed by atoms with Crippen LogP contribution in [0.5, 0.6) is 0 Å². The lowest BCUT2D eigenvalue weighted by Gasteiger charge is -2.13. The molecule has 3 heteroatoms. The van der Waals surface area contributed by atoms with Gasteiger partial charge in [-0.3, -0.25) is 4.68 Å². The lowest BCUT2D eigenvalue weighted by Crippen LogP contribution is -2.08. The summed E-state index contributed by atoms with van der Waals surface area (Å²) in [5.74, 6) is 0.727. The second-order valence-corrected chi connectivity index (χ2v) is 5.76. The molecule has 0 amide bonds. The van der Waals surface area contributed by atoms with Crippen molar-refractivity contribution in [2.45, 2.75) is 51.7 Å². The summed E-state index contributed by atoms with van der Waals surface area (Å²) >= 11 is 0. The number of aryl methyl sites for hydroxylation is 2. The Balaban J connectivity index is 1.78. The average Bonchev–Trinajstić information content (AvgIpc) is 3.24. The molecule has 1 fully saturated rings. The highest BCUT2D eigenvalue weighted by molar-refractivity contribution is 5.31. The van der Waals surface area contributed by atoms with Crippen molar-refractivity contribution < 1.29 is 5.11 Å². The Morgan fingerprint density at radius 3 is 2.85 bits per heavy atom. The lowest BCUT2D eigenvalue weighted by atomic mass is 10.0. The van der Waals surface area contributed by atoms with Crippen molar-refractivity contribution in [3.8, 4) is 0 Å². The van der Waals surface area contributed by atoms with E-state index in [0.717, 1.165) is 29.4 Å². The molecule has 1 aliphatic rings. The summed E-state index contributed by atoms with van der Waals surface area (Å²) in [5.41, 5.74) is 4.52. The highest BCUT2D eigenvalue weighted by Crippen LogP contribution is 2.40. The summed E-state index contributed by atoms with van der Waals surface area (Å²) in [5, 5.41) is 14.9. The van der Waals surface area contributed by atoms with E-state index >= 15 is 0 Å². The molecule has 0 saturated heterocycles. The number of benzene rings is 1. The largest absolute Gasteiger partial charge is 0.388 e. The third-order valence-electron chi connectivity index (χ3n) is 4.03. The molecule has 1 aromatic carbocycles. The zero-order chi connectivity index (χ0) is 14.1. The number of hydrogen-bond acceptors (Lipinski definition) is 2. The number of rotatable bonds is 5. The van der Waals surface area contributed by atoms with Gasteiger partial charge in [-0.25, -0.2) is 0 Å². The van der Waals surface area contributed by atoms with Gasteiger partial charge in [-0.2, -0.15) is 5.10 Å². The van der Waals surface area contributed by atoms with Gasteiger partial charge in [0.15, 0.2) is 0 Å². The summed E-state index contributed by atoms with van der Waals surface area (Å²) in [4.78, 5) is 0. The summed E-state index contributed by atoms with van der Waals surface area (Å²) < 4.78 is 1.98.